The number of carbonyl (C=O) groups is 3. The lowest BCUT2D eigenvalue weighted by Gasteiger charge is -2.35. The first kappa shape index (κ1) is 31.4. The summed E-state index contributed by atoms with van der Waals surface area (Å²) in [6.07, 6.45) is 0.120. The first-order valence-electron chi connectivity index (χ1n) is 14.3. The molecule has 2 heterocycles. The number of likely N-dealkylation sites (tertiary alicyclic amines) is 1. The summed E-state index contributed by atoms with van der Waals surface area (Å²) in [4.78, 5) is 46.9. The molecule has 3 amide bonds. The minimum atomic E-state index is -1.09. The number of hydrogen-bond donors (Lipinski definition) is 3. The smallest absolute Gasteiger partial charge is 0.246 e. The number of aryl methyl sites for hydroxylation is 1. The lowest BCUT2D eigenvalue weighted by atomic mass is 9.85. The van der Waals surface area contributed by atoms with Crippen LogP contribution >= 0.6 is 11.3 Å². The number of benzene rings is 1. The van der Waals surface area contributed by atoms with Crippen LogP contribution < -0.4 is 15.4 Å². The Morgan fingerprint density at radius 3 is 2.48 bits per heavy atom. The Labute approximate surface area is 251 Å². The third kappa shape index (κ3) is 6.93. The summed E-state index contributed by atoms with van der Waals surface area (Å²) in [5, 5.41) is 25.7. The number of aliphatic hydroxyl groups excluding tert-OH is 1. The summed E-state index contributed by atoms with van der Waals surface area (Å²) in [5.74, 6) is -0.696. The molecule has 0 bridgehead atoms. The number of ether oxygens (including phenoxy) is 1. The van der Waals surface area contributed by atoms with Crippen LogP contribution in [0.5, 0.6) is 5.75 Å². The third-order valence-corrected chi connectivity index (χ3v) is 8.57. The van der Waals surface area contributed by atoms with Gasteiger partial charge in [-0.2, -0.15) is 5.26 Å². The predicted molar refractivity (Wildman–Crippen MR) is 159 cm³/mol. The zero-order chi connectivity index (χ0) is 31.0. The molecule has 2 aromatic rings. The first-order valence-corrected chi connectivity index (χ1v) is 15.1. The highest BCUT2D eigenvalue weighted by Gasteiger charge is 2.53. The van der Waals surface area contributed by atoms with E-state index in [-0.39, 0.29) is 19.5 Å². The van der Waals surface area contributed by atoms with Crippen LogP contribution in [0.3, 0.4) is 0 Å². The maximum absolute atomic E-state index is 13.8. The van der Waals surface area contributed by atoms with Gasteiger partial charge < -0.3 is 25.4 Å². The third-order valence-electron chi connectivity index (χ3n) is 7.60. The molecule has 1 aliphatic carbocycles. The highest BCUT2D eigenvalue weighted by Crippen LogP contribution is 2.45. The van der Waals surface area contributed by atoms with Crippen molar-refractivity contribution in [2.75, 3.05) is 6.54 Å². The van der Waals surface area contributed by atoms with Gasteiger partial charge in [0, 0.05) is 25.1 Å². The van der Waals surface area contributed by atoms with Gasteiger partial charge in [0.1, 0.15) is 28.8 Å². The Balaban J connectivity index is 1.52. The molecule has 10 nitrogen and oxygen atoms in total. The molecule has 11 heteroatoms. The van der Waals surface area contributed by atoms with Crippen molar-refractivity contribution in [1.82, 2.24) is 20.5 Å². The van der Waals surface area contributed by atoms with Crippen LogP contribution in [0.2, 0.25) is 0 Å². The topological polar surface area (TPSA) is 145 Å². The number of aromatic nitrogens is 1. The minimum Gasteiger partial charge on any atom is -0.488 e. The summed E-state index contributed by atoms with van der Waals surface area (Å²) in [5.41, 5.74) is 2.21. The van der Waals surface area contributed by atoms with Gasteiger partial charge >= 0.3 is 0 Å². The number of thiazole rings is 1. The van der Waals surface area contributed by atoms with Gasteiger partial charge in [0.25, 0.3) is 0 Å². The second-order valence-corrected chi connectivity index (χ2v) is 14.2. The van der Waals surface area contributed by atoms with Gasteiger partial charge in [-0.05, 0) is 57.6 Å². The highest BCUT2D eigenvalue weighted by molar-refractivity contribution is 7.13. The van der Waals surface area contributed by atoms with E-state index in [4.69, 9.17) is 4.74 Å². The van der Waals surface area contributed by atoms with Crippen molar-refractivity contribution in [2.24, 2.45) is 10.8 Å². The van der Waals surface area contributed by atoms with Crippen molar-refractivity contribution in [2.45, 2.75) is 98.1 Å². The zero-order valence-corrected chi connectivity index (χ0v) is 26.2. The SMILES string of the molecule is Cc1ncsc1-c1ccc(CNC(=O)[C@@H]2C[C@@H](O)CN2C(=O)[C@@H](NC(=O)C2(C#N)CC2)C(C)(C)C)c(OC(C)(C)C)c1. The number of aliphatic hydroxyl groups is 1. The standard InChI is InChI=1S/C31H41N5O5S/c1-18-24(42-17-34-18)19-8-9-20(23(12-19)41-30(5,6)7)14-33-26(38)22-13-21(37)15-36(22)27(39)25(29(2,3)4)35-28(40)31(16-32)10-11-31/h8-9,12,17,21-22,25,37H,10-11,13-15H2,1-7H3,(H,33,38)(H,35,40)/t21-,22+,25-/m1/s1. The normalized spacial score (nSPS) is 20.4. The molecule has 0 spiro atoms. The van der Waals surface area contributed by atoms with Crippen molar-refractivity contribution < 1.29 is 24.2 Å². The highest BCUT2D eigenvalue weighted by atomic mass is 32.1. The fourth-order valence-corrected chi connectivity index (χ4v) is 5.85. The average molecular weight is 596 g/mol. The van der Waals surface area contributed by atoms with Gasteiger partial charge in [0.15, 0.2) is 0 Å². The van der Waals surface area contributed by atoms with E-state index in [9.17, 15) is 24.8 Å². The van der Waals surface area contributed by atoms with E-state index < -0.39 is 52.3 Å². The van der Waals surface area contributed by atoms with Crippen molar-refractivity contribution in [3.8, 4) is 22.3 Å². The molecule has 3 atom stereocenters. The molecule has 4 rings (SSSR count). The summed E-state index contributed by atoms with van der Waals surface area (Å²) < 4.78 is 6.26. The number of amides is 3. The Morgan fingerprint density at radius 2 is 1.93 bits per heavy atom. The fourth-order valence-electron chi connectivity index (χ4n) is 5.05. The van der Waals surface area contributed by atoms with Crippen LogP contribution in [0.4, 0.5) is 0 Å². The quantitative estimate of drug-likeness (QED) is 0.422. The van der Waals surface area contributed by atoms with Gasteiger partial charge in [0.05, 0.1) is 28.3 Å². The number of rotatable bonds is 8. The molecule has 42 heavy (non-hydrogen) atoms. The van der Waals surface area contributed by atoms with E-state index in [0.29, 0.717) is 18.6 Å². The monoisotopic (exact) mass is 595 g/mol. The summed E-state index contributed by atoms with van der Waals surface area (Å²) in [6.45, 7) is 13.4. The van der Waals surface area contributed by atoms with Crippen LogP contribution in [-0.2, 0) is 20.9 Å². The largest absolute Gasteiger partial charge is 0.488 e. The van der Waals surface area contributed by atoms with Gasteiger partial charge in [-0.25, -0.2) is 4.98 Å². The molecule has 1 saturated carbocycles. The van der Waals surface area contributed by atoms with Crippen LogP contribution in [0, 0.1) is 29.1 Å². The second-order valence-electron chi connectivity index (χ2n) is 13.4. The molecule has 0 radical (unpaired) electrons. The number of β-amino-alcohol motifs (C(OH)–C–C–N with tert-alkyl or cyclic N) is 1. The minimum absolute atomic E-state index is 0.0238. The van der Waals surface area contributed by atoms with Crippen molar-refractivity contribution in [3.05, 3.63) is 35.0 Å². The van der Waals surface area contributed by atoms with Gasteiger partial charge in [-0.15, -0.1) is 11.3 Å². The summed E-state index contributed by atoms with van der Waals surface area (Å²) in [7, 11) is 0. The van der Waals surface area contributed by atoms with E-state index in [1.54, 1.807) is 16.8 Å². The van der Waals surface area contributed by atoms with E-state index in [2.05, 4.69) is 21.7 Å². The van der Waals surface area contributed by atoms with E-state index >= 15 is 0 Å². The summed E-state index contributed by atoms with van der Waals surface area (Å²) in [6, 6.07) is 6.02. The molecule has 2 fully saturated rings. The van der Waals surface area contributed by atoms with Crippen molar-refractivity contribution >= 4 is 29.1 Å². The van der Waals surface area contributed by atoms with E-state index in [1.165, 1.54) is 4.90 Å². The van der Waals surface area contributed by atoms with Crippen LogP contribution in [-0.4, -0.2) is 63.0 Å². The number of hydrogen-bond acceptors (Lipinski definition) is 8. The lowest BCUT2D eigenvalue weighted by Crippen LogP contribution is -2.58. The molecule has 2 aliphatic rings. The molecule has 1 aromatic heterocycles. The zero-order valence-electron chi connectivity index (χ0n) is 25.4. The molecule has 1 aromatic carbocycles. The molecule has 3 N–H and O–H groups in total. The lowest BCUT2D eigenvalue weighted by molar-refractivity contribution is -0.144. The van der Waals surface area contributed by atoms with Crippen LogP contribution in [0.1, 0.15) is 72.1 Å². The first-order chi connectivity index (χ1) is 19.5. The Hall–Kier alpha value is -3.49. The second kappa shape index (κ2) is 11.7. The average Bonchev–Trinajstić information content (AvgIpc) is 3.43. The van der Waals surface area contributed by atoms with Gasteiger partial charge in [-0.3, -0.25) is 14.4 Å². The molecule has 226 valence electrons. The van der Waals surface area contributed by atoms with Crippen molar-refractivity contribution in [1.29, 1.82) is 5.26 Å². The van der Waals surface area contributed by atoms with Crippen LogP contribution in [0.25, 0.3) is 10.4 Å². The number of carbonyl (C=O) groups excluding carboxylic acids is 3. The predicted octanol–water partition coefficient (Wildman–Crippen LogP) is 3.71. The maximum atomic E-state index is 13.8. The number of nitriles is 1. The Morgan fingerprint density at radius 1 is 1.24 bits per heavy atom. The van der Waals surface area contributed by atoms with E-state index in [1.807, 2.05) is 66.7 Å². The molecular weight excluding hydrogens is 554 g/mol. The molecule has 1 saturated heterocycles. The summed E-state index contributed by atoms with van der Waals surface area (Å²) >= 11 is 1.55. The van der Waals surface area contributed by atoms with E-state index in [0.717, 1.165) is 21.7 Å². The van der Waals surface area contributed by atoms with Gasteiger partial charge in [0.2, 0.25) is 17.7 Å². The van der Waals surface area contributed by atoms with Gasteiger partial charge in [-0.1, -0.05) is 32.9 Å². The Kier molecular flexibility index (Phi) is 8.72. The Bertz CT molecular complexity index is 1400. The van der Waals surface area contributed by atoms with Crippen LogP contribution in [0.15, 0.2) is 23.7 Å². The fraction of sp³-hybridized carbons (Fsp3) is 0.581. The number of nitrogens with one attached hydrogen (secondary N) is 2. The number of nitrogens with zero attached hydrogens (tertiary/aromatic N) is 3. The van der Waals surface area contributed by atoms with Crippen molar-refractivity contribution in [3.63, 3.8) is 0 Å². The molecular formula is C31H41N5O5S. The molecule has 0 unspecified atom stereocenters. The molecule has 1 aliphatic heterocycles. The maximum Gasteiger partial charge on any atom is 0.246 e.